The first-order valence-corrected chi connectivity index (χ1v) is 6.35. The highest BCUT2D eigenvalue weighted by Gasteiger charge is 2.01. The van der Waals surface area contributed by atoms with E-state index < -0.39 is 0 Å². The molecule has 84 valence electrons. The standard InChI is InChI=1S/C12H18INO/c1-9(2)4-3-7-15-12-6-5-10(13)8-11(12)14/h5-6,8-9H,3-4,7,14H2,1-2H3. The summed E-state index contributed by atoms with van der Waals surface area (Å²) >= 11 is 2.24. The Morgan fingerprint density at radius 1 is 1.40 bits per heavy atom. The van der Waals surface area contributed by atoms with Crippen LogP contribution in [0.2, 0.25) is 0 Å². The average molecular weight is 319 g/mol. The monoisotopic (exact) mass is 319 g/mol. The maximum absolute atomic E-state index is 5.83. The fraction of sp³-hybridized carbons (Fsp3) is 0.500. The molecule has 2 nitrogen and oxygen atoms in total. The molecule has 0 saturated heterocycles. The van der Waals surface area contributed by atoms with Crippen LogP contribution in [0.1, 0.15) is 26.7 Å². The zero-order valence-electron chi connectivity index (χ0n) is 9.29. The van der Waals surface area contributed by atoms with Gasteiger partial charge in [-0.25, -0.2) is 0 Å². The molecule has 1 rings (SSSR count). The van der Waals surface area contributed by atoms with E-state index in [-0.39, 0.29) is 0 Å². The fourth-order valence-electron chi connectivity index (χ4n) is 1.32. The molecule has 0 spiro atoms. The lowest BCUT2D eigenvalue weighted by Gasteiger charge is -2.09. The molecular weight excluding hydrogens is 301 g/mol. The third kappa shape index (κ3) is 4.73. The van der Waals surface area contributed by atoms with Crippen molar-refractivity contribution in [3.05, 3.63) is 21.8 Å². The average Bonchev–Trinajstić information content (AvgIpc) is 2.14. The maximum Gasteiger partial charge on any atom is 0.142 e. The van der Waals surface area contributed by atoms with Gasteiger partial charge in [0, 0.05) is 3.57 Å². The van der Waals surface area contributed by atoms with Gasteiger partial charge in [-0.15, -0.1) is 0 Å². The van der Waals surface area contributed by atoms with Gasteiger partial charge in [-0.3, -0.25) is 0 Å². The Labute approximate surface area is 105 Å². The number of halogens is 1. The summed E-state index contributed by atoms with van der Waals surface area (Å²) in [6, 6.07) is 5.87. The van der Waals surface area contributed by atoms with Gasteiger partial charge in [0.1, 0.15) is 5.75 Å². The van der Waals surface area contributed by atoms with E-state index in [0.29, 0.717) is 0 Å². The zero-order valence-corrected chi connectivity index (χ0v) is 11.5. The van der Waals surface area contributed by atoms with Crippen molar-refractivity contribution >= 4 is 28.3 Å². The van der Waals surface area contributed by atoms with Crippen LogP contribution in [0.4, 0.5) is 5.69 Å². The Morgan fingerprint density at radius 3 is 2.73 bits per heavy atom. The Hall–Kier alpha value is -0.450. The maximum atomic E-state index is 5.83. The molecule has 0 aliphatic heterocycles. The minimum Gasteiger partial charge on any atom is -0.491 e. The van der Waals surface area contributed by atoms with Crippen molar-refractivity contribution in [2.75, 3.05) is 12.3 Å². The Kier molecular flexibility index (Phi) is 5.22. The van der Waals surface area contributed by atoms with Gasteiger partial charge in [0.25, 0.3) is 0 Å². The number of hydrogen-bond donors (Lipinski definition) is 1. The van der Waals surface area contributed by atoms with Crippen LogP contribution in [0.5, 0.6) is 5.75 Å². The first-order valence-electron chi connectivity index (χ1n) is 5.27. The molecule has 0 bridgehead atoms. The summed E-state index contributed by atoms with van der Waals surface area (Å²) in [6.45, 7) is 5.20. The largest absolute Gasteiger partial charge is 0.491 e. The number of benzene rings is 1. The summed E-state index contributed by atoms with van der Waals surface area (Å²) in [5, 5.41) is 0. The lowest BCUT2D eigenvalue weighted by Crippen LogP contribution is -2.02. The topological polar surface area (TPSA) is 35.2 Å². The molecule has 0 fully saturated rings. The van der Waals surface area contributed by atoms with Crippen LogP contribution in [0.3, 0.4) is 0 Å². The van der Waals surface area contributed by atoms with Crippen LogP contribution in [0.15, 0.2) is 18.2 Å². The summed E-state index contributed by atoms with van der Waals surface area (Å²) in [5.41, 5.74) is 6.56. The van der Waals surface area contributed by atoms with Gasteiger partial charge in [0.05, 0.1) is 12.3 Å². The van der Waals surface area contributed by atoms with Gasteiger partial charge in [0.2, 0.25) is 0 Å². The Bertz CT molecular complexity index is 312. The van der Waals surface area contributed by atoms with E-state index in [4.69, 9.17) is 10.5 Å². The fourth-order valence-corrected chi connectivity index (χ4v) is 1.84. The van der Waals surface area contributed by atoms with Crippen LogP contribution in [-0.4, -0.2) is 6.61 Å². The molecular formula is C12H18INO. The number of ether oxygens (including phenoxy) is 1. The van der Waals surface area contributed by atoms with Crippen molar-refractivity contribution in [1.29, 1.82) is 0 Å². The second kappa shape index (κ2) is 6.20. The zero-order chi connectivity index (χ0) is 11.3. The van der Waals surface area contributed by atoms with Crippen LogP contribution >= 0.6 is 22.6 Å². The van der Waals surface area contributed by atoms with Crippen LogP contribution < -0.4 is 10.5 Å². The normalized spacial score (nSPS) is 10.7. The number of hydrogen-bond acceptors (Lipinski definition) is 2. The number of anilines is 1. The number of rotatable bonds is 5. The molecule has 0 radical (unpaired) electrons. The van der Waals surface area contributed by atoms with E-state index in [1.807, 2.05) is 18.2 Å². The van der Waals surface area contributed by atoms with Gasteiger partial charge in [0.15, 0.2) is 0 Å². The molecule has 15 heavy (non-hydrogen) atoms. The van der Waals surface area contributed by atoms with Gasteiger partial charge in [-0.05, 0) is 59.5 Å². The van der Waals surface area contributed by atoms with Crippen molar-refractivity contribution in [2.45, 2.75) is 26.7 Å². The lowest BCUT2D eigenvalue weighted by atomic mass is 10.1. The predicted molar refractivity (Wildman–Crippen MR) is 73.1 cm³/mol. The van der Waals surface area contributed by atoms with Gasteiger partial charge < -0.3 is 10.5 Å². The van der Waals surface area contributed by atoms with E-state index >= 15 is 0 Å². The van der Waals surface area contributed by atoms with Crippen molar-refractivity contribution in [2.24, 2.45) is 5.92 Å². The van der Waals surface area contributed by atoms with Crippen molar-refractivity contribution in [3.8, 4) is 5.75 Å². The third-order valence-corrected chi connectivity index (χ3v) is 2.83. The molecule has 1 aromatic carbocycles. The molecule has 0 aliphatic rings. The molecule has 2 N–H and O–H groups in total. The second-order valence-electron chi connectivity index (χ2n) is 4.07. The first kappa shape index (κ1) is 12.6. The summed E-state index contributed by atoms with van der Waals surface area (Å²) in [6.07, 6.45) is 2.29. The summed E-state index contributed by atoms with van der Waals surface area (Å²) in [5.74, 6) is 1.54. The quantitative estimate of drug-likeness (QED) is 0.510. The third-order valence-electron chi connectivity index (χ3n) is 2.16. The van der Waals surface area contributed by atoms with E-state index in [1.165, 1.54) is 6.42 Å². The van der Waals surface area contributed by atoms with E-state index in [1.54, 1.807) is 0 Å². The molecule has 0 saturated carbocycles. The summed E-state index contributed by atoms with van der Waals surface area (Å²) < 4.78 is 6.75. The van der Waals surface area contributed by atoms with Crippen molar-refractivity contribution in [1.82, 2.24) is 0 Å². The highest BCUT2D eigenvalue weighted by molar-refractivity contribution is 14.1. The molecule has 0 atom stereocenters. The molecule has 3 heteroatoms. The molecule has 0 amide bonds. The molecule has 0 aromatic heterocycles. The Morgan fingerprint density at radius 2 is 2.13 bits per heavy atom. The minimum atomic E-state index is 0.728. The summed E-state index contributed by atoms with van der Waals surface area (Å²) in [7, 11) is 0. The van der Waals surface area contributed by atoms with Crippen molar-refractivity contribution < 1.29 is 4.74 Å². The van der Waals surface area contributed by atoms with Crippen molar-refractivity contribution in [3.63, 3.8) is 0 Å². The van der Waals surface area contributed by atoms with Crippen LogP contribution in [0, 0.1) is 9.49 Å². The molecule has 0 aliphatic carbocycles. The number of nitrogen functional groups attached to an aromatic ring is 1. The molecule has 0 unspecified atom stereocenters. The van der Waals surface area contributed by atoms with Crippen LogP contribution in [-0.2, 0) is 0 Å². The van der Waals surface area contributed by atoms with E-state index in [0.717, 1.165) is 34.0 Å². The van der Waals surface area contributed by atoms with Gasteiger partial charge >= 0.3 is 0 Å². The molecule has 1 aromatic rings. The van der Waals surface area contributed by atoms with E-state index in [9.17, 15) is 0 Å². The summed E-state index contributed by atoms with van der Waals surface area (Å²) in [4.78, 5) is 0. The smallest absolute Gasteiger partial charge is 0.142 e. The SMILES string of the molecule is CC(C)CCCOc1ccc(I)cc1N. The highest BCUT2D eigenvalue weighted by atomic mass is 127. The predicted octanol–water partition coefficient (Wildman–Crippen LogP) is 3.69. The van der Waals surface area contributed by atoms with Gasteiger partial charge in [-0.2, -0.15) is 0 Å². The first-order chi connectivity index (χ1) is 7.09. The van der Waals surface area contributed by atoms with E-state index in [2.05, 4.69) is 36.4 Å². The molecule has 0 heterocycles. The second-order valence-corrected chi connectivity index (χ2v) is 5.31. The number of nitrogens with two attached hydrogens (primary N) is 1. The lowest BCUT2D eigenvalue weighted by molar-refractivity contribution is 0.299. The Balaban J connectivity index is 2.37. The van der Waals surface area contributed by atoms with Crippen LogP contribution in [0.25, 0.3) is 0 Å². The van der Waals surface area contributed by atoms with Gasteiger partial charge in [-0.1, -0.05) is 13.8 Å². The minimum absolute atomic E-state index is 0.728. The highest BCUT2D eigenvalue weighted by Crippen LogP contribution is 2.23.